The van der Waals surface area contributed by atoms with Gasteiger partial charge in [0, 0.05) is 13.0 Å². The fraction of sp³-hybridized carbons (Fsp3) is 0.417. The van der Waals surface area contributed by atoms with Gasteiger partial charge in [-0.15, -0.1) is 0 Å². The maximum Gasteiger partial charge on any atom is 0.220 e. The second-order valence-corrected chi connectivity index (χ2v) is 4.66. The Morgan fingerprint density at radius 3 is 2.88 bits per heavy atom. The molecule has 2 N–H and O–H groups in total. The predicted octanol–water partition coefficient (Wildman–Crippen LogP) is 1.70. The Labute approximate surface area is 104 Å². The molecule has 5 heteroatoms. The van der Waals surface area contributed by atoms with Gasteiger partial charge in [-0.25, -0.2) is 4.39 Å². The van der Waals surface area contributed by atoms with Crippen LogP contribution in [0.25, 0.3) is 0 Å². The van der Waals surface area contributed by atoms with E-state index >= 15 is 0 Å². The summed E-state index contributed by atoms with van der Waals surface area (Å²) >= 11 is 5.65. The normalized spacial score (nSPS) is 15.4. The molecule has 17 heavy (non-hydrogen) atoms. The van der Waals surface area contributed by atoms with E-state index in [2.05, 4.69) is 10.6 Å². The number of nitrogens with one attached hydrogen (secondary N) is 2. The van der Waals surface area contributed by atoms with E-state index < -0.39 is 5.82 Å². The molecule has 0 radical (unpaired) electrons. The van der Waals surface area contributed by atoms with Crippen molar-refractivity contribution in [3.8, 4) is 0 Å². The lowest BCUT2D eigenvalue weighted by Gasteiger charge is -2.26. The van der Waals surface area contributed by atoms with Gasteiger partial charge in [0.1, 0.15) is 5.82 Å². The van der Waals surface area contributed by atoms with Gasteiger partial charge >= 0.3 is 0 Å². The van der Waals surface area contributed by atoms with Gasteiger partial charge in [0.25, 0.3) is 0 Å². The maximum absolute atomic E-state index is 12.9. The molecule has 0 aliphatic carbocycles. The Hall–Kier alpha value is -1.13. The van der Waals surface area contributed by atoms with Crippen LogP contribution in [0.4, 0.5) is 4.39 Å². The number of benzene rings is 1. The van der Waals surface area contributed by atoms with Gasteiger partial charge in [0.2, 0.25) is 5.91 Å². The molecule has 1 aliphatic heterocycles. The molecule has 0 spiro atoms. The standard InChI is InChI=1S/C12H14ClFN2O/c13-10-3-8(1-2-11(10)14)7-16-12(17)4-9-5-15-6-9/h1-3,9,15H,4-7H2,(H,16,17). The molecule has 0 saturated carbocycles. The van der Waals surface area contributed by atoms with Crippen molar-refractivity contribution >= 4 is 17.5 Å². The average Bonchev–Trinajstić information content (AvgIpc) is 2.25. The van der Waals surface area contributed by atoms with Crippen LogP contribution < -0.4 is 10.6 Å². The first-order valence-corrected chi connectivity index (χ1v) is 5.94. The molecular weight excluding hydrogens is 243 g/mol. The minimum Gasteiger partial charge on any atom is -0.352 e. The highest BCUT2D eigenvalue weighted by atomic mass is 35.5. The Morgan fingerprint density at radius 2 is 2.29 bits per heavy atom. The van der Waals surface area contributed by atoms with Crippen LogP contribution in [0.5, 0.6) is 0 Å². The summed E-state index contributed by atoms with van der Waals surface area (Å²) in [4.78, 5) is 11.5. The van der Waals surface area contributed by atoms with Crippen LogP contribution in [0.15, 0.2) is 18.2 Å². The number of hydrogen-bond donors (Lipinski definition) is 2. The summed E-state index contributed by atoms with van der Waals surface area (Å²) in [6, 6.07) is 4.45. The summed E-state index contributed by atoms with van der Waals surface area (Å²) in [5.41, 5.74) is 0.802. The molecule has 1 aliphatic rings. The highest BCUT2D eigenvalue weighted by Gasteiger charge is 2.19. The summed E-state index contributed by atoms with van der Waals surface area (Å²) < 4.78 is 12.9. The van der Waals surface area contributed by atoms with Crippen molar-refractivity contribution in [1.29, 1.82) is 0 Å². The summed E-state index contributed by atoms with van der Waals surface area (Å²) in [7, 11) is 0. The number of halogens is 2. The molecule has 0 aromatic heterocycles. The van der Waals surface area contributed by atoms with Crippen molar-refractivity contribution < 1.29 is 9.18 Å². The molecule has 0 bridgehead atoms. The number of carbonyl (C=O) groups is 1. The smallest absolute Gasteiger partial charge is 0.220 e. The monoisotopic (exact) mass is 256 g/mol. The zero-order chi connectivity index (χ0) is 12.3. The molecule has 1 saturated heterocycles. The minimum atomic E-state index is -0.442. The van der Waals surface area contributed by atoms with Crippen molar-refractivity contribution in [2.45, 2.75) is 13.0 Å². The summed E-state index contributed by atoms with van der Waals surface area (Å²) in [5.74, 6) is 0.0334. The molecule has 92 valence electrons. The van der Waals surface area contributed by atoms with Crippen LogP contribution in [-0.4, -0.2) is 19.0 Å². The molecule has 1 aromatic carbocycles. The van der Waals surface area contributed by atoms with Gasteiger partial charge in [-0.3, -0.25) is 4.79 Å². The second-order valence-electron chi connectivity index (χ2n) is 4.25. The zero-order valence-corrected chi connectivity index (χ0v) is 10.1. The van der Waals surface area contributed by atoms with Gasteiger partial charge in [0.15, 0.2) is 0 Å². The molecule has 1 aromatic rings. The van der Waals surface area contributed by atoms with Crippen LogP contribution in [0.1, 0.15) is 12.0 Å². The lowest BCUT2D eigenvalue weighted by atomic mass is 9.99. The summed E-state index contributed by atoms with van der Waals surface area (Å²) in [6.07, 6.45) is 0.544. The Balaban J connectivity index is 1.80. The van der Waals surface area contributed by atoms with E-state index in [1.54, 1.807) is 6.07 Å². The lowest BCUT2D eigenvalue weighted by Crippen LogP contribution is -2.44. The van der Waals surface area contributed by atoms with E-state index in [-0.39, 0.29) is 10.9 Å². The first kappa shape index (κ1) is 12.3. The van der Waals surface area contributed by atoms with Crippen LogP contribution in [-0.2, 0) is 11.3 Å². The van der Waals surface area contributed by atoms with Crippen molar-refractivity contribution in [3.05, 3.63) is 34.6 Å². The van der Waals surface area contributed by atoms with E-state index in [4.69, 9.17) is 11.6 Å². The Morgan fingerprint density at radius 1 is 1.53 bits per heavy atom. The maximum atomic E-state index is 12.9. The van der Waals surface area contributed by atoms with Crippen LogP contribution >= 0.6 is 11.6 Å². The first-order chi connectivity index (χ1) is 8.15. The molecule has 0 unspecified atom stereocenters. The van der Waals surface area contributed by atoms with Crippen molar-refractivity contribution in [3.63, 3.8) is 0 Å². The van der Waals surface area contributed by atoms with E-state index in [9.17, 15) is 9.18 Å². The number of carbonyl (C=O) groups excluding carboxylic acids is 1. The Kier molecular flexibility index (Phi) is 3.97. The summed E-state index contributed by atoms with van der Waals surface area (Å²) in [6.45, 7) is 2.21. The molecule has 1 amide bonds. The van der Waals surface area contributed by atoms with E-state index in [1.807, 2.05) is 0 Å². The third-order valence-electron chi connectivity index (χ3n) is 2.81. The fourth-order valence-corrected chi connectivity index (χ4v) is 1.88. The summed E-state index contributed by atoms with van der Waals surface area (Å²) in [5, 5.41) is 6.00. The molecular formula is C12H14ClFN2O. The van der Waals surface area contributed by atoms with Gasteiger partial charge in [-0.1, -0.05) is 17.7 Å². The van der Waals surface area contributed by atoms with Crippen molar-refractivity contribution in [1.82, 2.24) is 10.6 Å². The van der Waals surface area contributed by atoms with E-state index in [1.165, 1.54) is 12.1 Å². The van der Waals surface area contributed by atoms with Crippen molar-refractivity contribution in [2.75, 3.05) is 13.1 Å². The highest BCUT2D eigenvalue weighted by Crippen LogP contribution is 2.16. The topological polar surface area (TPSA) is 41.1 Å². The van der Waals surface area contributed by atoms with E-state index in [0.29, 0.717) is 18.9 Å². The lowest BCUT2D eigenvalue weighted by molar-refractivity contribution is -0.122. The average molecular weight is 257 g/mol. The minimum absolute atomic E-state index is 0.0250. The number of hydrogen-bond acceptors (Lipinski definition) is 2. The fourth-order valence-electron chi connectivity index (χ4n) is 1.68. The second kappa shape index (κ2) is 5.47. The third-order valence-corrected chi connectivity index (χ3v) is 3.10. The van der Waals surface area contributed by atoms with Gasteiger partial charge in [-0.05, 0) is 36.7 Å². The van der Waals surface area contributed by atoms with Crippen molar-refractivity contribution in [2.24, 2.45) is 5.92 Å². The van der Waals surface area contributed by atoms with E-state index in [0.717, 1.165) is 18.7 Å². The molecule has 1 heterocycles. The molecule has 1 fully saturated rings. The zero-order valence-electron chi connectivity index (χ0n) is 9.30. The molecule has 2 rings (SSSR count). The van der Waals surface area contributed by atoms with Crippen LogP contribution in [0, 0.1) is 11.7 Å². The Bertz CT molecular complexity index is 421. The first-order valence-electron chi connectivity index (χ1n) is 5.56. The van der Waals surface area contributed by atoms with Gasteiger partial charge in [-0.2, -0.15) is 0 Å². The largest absolute Gasteiger partial charge is 0.352 e. The molecule has 0 atom stereocenters. The number of amides is 1. The van der Waals surface area contributed by atoms with Crippen LogP contribution in [0.3, 0.4) is 0 Å². The van der Waals surface area contributed by atoms with Gasteiger partial charge < -0.3 is 10.6 Å². The van der Waals surface area contributed by atoms with Gasteiger partial charge in [0.05, 0.1) is 5.02 Å². The quantitative estimate of drug-likeness (QED) is 0.861. The third kappa shape index (κ3) is 3.41. The SMILES string of the molecule is O=C(CC1CNC1)NCc1ccc(F)c(Cl)c1. The number of rotatable bonds is 4. The molecule has 3 nitrogen and oxygen atoms in total. The highest BCUT2D eigenvalue weighted by molar-refractivity contribution is 6.30. The van der Waals surface area contributed by atoms with Crippen LogP contribution in [0.2, 0.25) is 5.02 Å². The predicted molar refractivity (Wildman–Crippen MR) is 64.2 cm³/mol.